The number of hydrogen-bond donors (Lipinski definition) is 2. The van der Waals surface area contributed by atoms with E-state index in [4.69, 9.17) is 38.4 Å². The zero-order valence-electron chi connectivity index (χ0n) is 19.4. The summed E-state index contributed by atoms with van der Waals surface area (Å²) in [6, 6.07) is 7.11. The van der Waals surface area contributed by atoms with Gasteiger partial charge in [0.1, 0.15) is 11.5 Å². The molecule has 1 aliphatic carbocycles. The van der Waals surface area contributed by atoms with Crippen LogP contribution >= 0.6 is 23.2 Å². The molecule has 3 atom stereocenters. The molecule has 2 unspecified atom stereocenters. The van der Waals surface area contributed by atoms with Crippen molar-refractivity contribution >= 4 is 46.0 Å². The standard InChI is InChI=1S/C24H27Cl2N5O3/c1-31(2)23(32)13-8-15(27)17(9-13)30-24-28-11-14-7-12(5-6-16(14)29-24)20-21(25)18(33-3)10-19(34-4)22(20)26/h5-7,10-11,13,15,17H,8-9,27H2,1-4H3,(H,28,29,30)/t13-,15?,17?/m1/s1. The summed E-state index contributed by atoms with van der Waals surface area (Å²) >= 11 is 13.1. The average Bonchev–Trinajstić information content (AvgIpc) is 3.18. The largest absolute Gasteiger partial charge is 0.495 e. The molecule has 1 aromatic heterocycles. The van der Waals surface area contributed by atoms with Gasteiger partial charge in [-0.05, 0) is 30.5 Å². The zero-order valence-corrected chi connectivity index (χ0v) is 20.9. The second kappa shape index (κ2) is 9.82. The van der Waals surface area contributed by atoms with Crippen molar-refractivity contribution in [1.82, 2.24) is 14.9 Å². The van der Waals surface area contributed by atoms with Crippen molar-refractivity contribution in [2.45, 2.75) is 24.9 Å². The van der Waals surface area contributed by atoms with Gasteiger partial charge in [-0.1, -0.05) is 29.3 Å². The number of nitrogens with one attached hydrogen (secondary N) is 1. The number of carbonyl (C=O) groups excluding carboxylic acids is 1. The Morgan fingerprint density at radius 2 is 1.79 bits per heavy atom. The van der Waals surface area contributed by atoms with Crippen LogP contribution in [0.15, 0.2) is 30.5 Å². The molecule has 1 saturated carbocycles. The summed E-state index contributed by atoms with van der Waals surface area (Å²) < 4.78 is 10.8. The van der Waals surface area contributed by atoms with Crippen molar-refractivity contribution in [2.24, 2.45) is 11.7 Å². The minimum Gasteiger partial charge on any atom is -0.495 e. The summed E-state index contributed by atoms with van der Waals surface area (Å²) in [4.78, 5) is 23.0. The van der Waals surface area contributed by atoms with Gasteiger partial charge in [-0.2, -0.15) is 0 Å². The van der Waals surface area contributed by atoms with Crippen LogP contribution in [0.1, 0.15) is 12.8 Å². The van der Waals surface area contributed by atoms with E-state index in [1.807, 2.05) is 18.2 Å². The van der Waals surface area contributed by atoms with Crippen LogP contribution in [0.2, 0.25) is 10.0 Å². The van der Waals surface area contributed by atoms with Crippen LogP contribution in [-0.4, -0.2) is 61.2 Å². The fourth-order valence-electron chi connectivity index (χ4n) is 4.37. The van der Waals surface area contributed by atoms with Gasteiger partial charge in [0, 0.05) is 55.3 Å². The first-order valence-corrected chi connectivity index (χ1v) is 11.6. The number of ether oxygens (including phenoxy) is 2. The number of carbonyl (C=O) groups is 1. The Bertz CT molecular complexity index is 1210. The van der Waals surface area contributed by atoms with Gasteiger partial charge in [0.15, 0.2) is 0 Å². The first-order chi connectivity index (χ1) is 16.2. The zero-order chi connectivity index (χ0) is 24.6. The lowest BCUT2D eigenvalue weighted by Gasteiger charge is -2.18. The molecular formula is C24H27Cl2N5O3. The molecule has 34 heavy (non-hydrogen) atoms. The maximum absolute atomic E-state index is 12.3. The Hall–Kier alpha value is -2.81. The smallest absolute Gasteiger partial charge is 0.225 e. The lowest BCUT2D eigenvalue weighted by molar-refractivity contribution is -0.132. The first kappa shape index (κ1) is 24.3. The highest BCUT2D eigenvalue weighted by atomic mass is 35.5. The molecule has 1 fully saturated rings. The molecular weight excluding hydrogens is 477 g/mol. The summed E-state index contributed by atoms with van der Waals surface area (Å²) in [6.45, 7) is 0. The number of amides is 1. The van der Waals surface area contributed by atoms with Crippen LogP contribution in [0.4, 0.5) is 5.95 Å². The third-order valence-electron chi connectivity index (χ3n) is 6.16. The Balaban J connectivity index is 1.61. The highest BCUT2D eigenvalue weighted by Crippen LogP contribution is 2.46. The van der Waals surface area contributed by atoms with Gasteiger partial charge in [0.25, 0.3) is 0 Å². The van der Waals surface area contributed by atoms with Gasteiger partial charge in [-0.3, -0.25) is 4.79 Å². The number of halogens is 2. The summed E-state index contributed by atoms with van der Waals surface area (Å²) in [5.41, 5.74) is 8.43. The SMILES string of the molecule is COc1cc(OC)c(Cl)c(-c2ccc3nc(NC4C[C@H](C(=O)N(C)C)CC4N)ncc3c2)c1Cl. The number of fused-ring (bicyclic) bond motifs is 1. The molecule has 1 heterocycles. The summed E-state index contributed by atoms with van der Waals surface area (Å²) in [6.07, 6.45) is 3.01. The van der Waals surface area contributed by atoms with Crippen molar-refractivity contribution in [1.29, 1.82) is 0 Å². The Morgan fingerprint density at radius 1 is 1.12 bits per heavy atom. The highest BCUT2D eigenvalue weighted by Gasteiger charge is 2.36. The molecule has 2 aromatic carbocycles. The van der Waals surface area contributed by atoms with Gasteiger partial charge in [-0.15, -0.1) is 0 Å². The van der Waals surface area contributed by atoms with E-state index < -0.39 is 0 Å². The predicted molar refractivity (Wildman–Crippen MR) is 135 cm³/mol. The van der Waals surface area contributed by atoms with Gasteiger partial charge < -0.3 is 25.4 Å². The van der Waals surface area contributed by atoms with Crippen molar-refractivity contribution in [2.75, 3.05) is 33.6 Å². The van der Waals surface area contributed by atoms with E-state index in [-0.39, 0.29) is 23.9 Å². The topological polar surface area (TPSA) is 103 Å². The number of anilines is 1. The minimum absolute atomic E-state index is 0.0764. The number of benzene rings is 2. The van der Waals surface area contributed by atoms with Gasteiger partial charge in [0.05, 0.1) is 29.8 Å². The molecule has 8 nitrogen and oxygen atoms in total. The summed E-state index contributed by atoms with van der Waals surface area (Å²) in [5, 5.41) is 4.91. The predicted octanol–water partition coefficient (Wildman–Crippen LogP) is 4.23. The van der Waals surface area contributed by atoms with Crippen LogP contribution in [0, 0.1) is 5.92 Å². The minimum atomic E-state index is -0.150. The summed E-state index contributed by atoms with van der Waals surface area (Å²) in [7, 11) is 6.60. The molecule has 10 heteroatoms. The Morgan fingerprint density at radius 3 is 2.41 bits per heavy atom. The van der Waals surface area contributed by atoms with E-state index in [0.717, 1.165) is 16.5 Å². The van der Waals surface area contributed by atoms with Gasteiger partial charge in [-0.25, -0.2) is 9.97 Å². The molecule has 1 aliphatic rings. The van der Waals surface area contributed by atoms with Crippen LogP contribution in [0.25, 0.3) is 22.0 Å². The molecule has 0 bridgehead atoms. The van der Waals surface area contributed by atoms with Crippen molar-refractivity contribution in [3.63, 3.8) is 0 Å². The second-order valence-electron chi connectivity index (χ2n) is 8.57. The molecule has 0 spiro atoms. The molecule has 180 valence electrons. The van der Waals surface area contributed by atoms with E-state index >= 15 is 0 Å². The molecule has 0 radical (unpaired) electrons. The number of nitrogens with two attached hydrogens (primary N) is 1. The lowest BCUT2D eigenvalue weighted by atomic mass is 10.0. The maximum atomic E-state index is 12.3. The molecule has 3 N–H and O–H groups in total. The van der Waals surface area contributed by atoms with Crippen molar-refractivity contribution < 1.29 is 14.3 Å². The third-order valence-corrected chi connectivity index (χ3v) is 6.91. The third kappa shape index (κ3) is 4.58. The quantitative estimate of drug-likeness (QED) is 0.518. The molecule has 4 rings (SSSR count). The number of rotatable bonds is 6. The number of nitrogens with zero attached hydrogens (tertiary/aromatic N) is 3. The number of aromatic nitrogens is 2. The van der Waals surface area contributed by atoms with Crippen LogP contribution in [-0.2, 0) is 4.79 Å². The van der Waals surface area contributed by atoms with E-state index in [9.17, 15) is 4.79 Å². The van der Waals surface area contributed by atoms with Gasteiger partial charge in [0.2, 0.25) is 11.9 Å². The summed E-state index contributed by atoms with van der Waals surface area (Å²) in [5.74, 6) is 1.40. The van der Waals surface area contributed by atoms with Gasteiger partial charge >= 0.3 is 0 Å². The van der Waals surface area contributed by atoms with Crippen LogP contribution in [0.3, 0.4) is 0 Å². The van der Waals surface area contributed by atoms with E-state index in [1.165, 1.54) is 14.2 Å². The first-order valence-electron chi connectivity index (χ1n) is 10.8. The maximum Gasteiger partial charge on any atom is 0.225 e. The normalized spacial score (nSPS) is 19.8. The fourth-order valence-corrected chi connectivity index (χ4v) is 5.09. The Labute approximate surface area is 208 Å². The molecule has 0 aliphatic heterocycles. The fraction of sp³-hybridized carbons (Fsp3) is 0.375. The monoisotopic (exact) mass is 503 g/mol. The van der Waals surface area contributed by atoms with Crippen molar-refractivity contribution in [3.05, 3.63) is 40.5 Å². The Kier molecular flexibility index (Phi) is 7.02. The average molecular weight is 504 g/mol. The van der Waals surface area contributed by atoms with E-state index in [1.54, 1.807) is 31.3 Å². The molecule has 3 aromatic rings. The second-order valence-corrected chi connectivity index (χ2v) is 9.32. The molecule has 1 amide bonds. The van der Waals surface area contributed by atoms with Crippen LogP contribution in [0.5, 0.6) is 11.5 Å². The number of methoxy groups -OCH3 is 2. The molecule has 0 saturated heterocycles. The lowest BCUT2D eigenvalue weighted by Crippen LogP contribution is -2.35. The van der Waals surface area contributed by atoms with Crippen LogP contribution < -0.4 is 20.5 Å². The highest BCUT2D eigenvalue weighted by molar-refractivity contribution is 6.41. The van der Waals surface area contributed by atoms with E-state index in [2.05, 4.69) is 15.3 Å². The number of hydrogen-bond acceptors (Lipinski definition) is 7. The van der Waals surface area contributed by atoms with Crippen molar-refractivity contribution in [3.8, 4) is 22.6 Å². The van der Waals surface area contributed by atoms with E-state index in [0.29, 0.717) is 45.9 Å².